The minimum atomic E-state index is -1.02. The number of carboxylic acid groups (broad SMARTS) is 1. The van der Waals surface area contributed by atoms with E-state index in [0.29, 0.717) is 11.4 Å². The summed E-state index contributed by atoms with van der Waals surface area (Å²) in [6.07, 6.45) is 0. The molecule has 116 valence electrons. The number of rotatable bonds is 3. The number of carboxylic acids is 1. The van der Waals surface area contributed by atoms with Gasteiger partial charge in [0.2, 0.25) is 0 Å². The predicted octanol–water partition coefficient (Wildman–Crippen LogP) is 3.16. The van der Waals surface area contributed by atoms with Gasteiger partial charge in [-0.25, -0.2) is 4.79 Å². The van der Waals surface area contributed by atoms with Crippen LogP contribution >= 0.6 is 15.9 Å². The third kappa shape index (κ3) is 2.83. The van der Waals surface area contributed by atoms with Gasteiger partial charge >= 0.3 is 11.9 Å². The van der Waals surface area contributed by atoms with E-state index in [4.69, 9.17) is 4.74 Å². The smallest absolute Gasteiger partial charge is 0.336 e. The Bertz CT molecular complexity index is 693. The molecule has 0 fully saturated rings. The zero-order chi connectivity index (χ0) is 16.4. The number of ether oxygens (including phenoxy) is 1. The molecule has 0 aromatic heterocycles. The average Bonchev–Trinajstić information content (AvgIpc) is 2.45. The van der Waals surface area contributed by atoms with Crippen molar-refractivity contribution in [2.45, 2.75) is 19.8 Å². The van der Waals surface area contributed by atoms with Crippen molar-refractivity contribution in [3.8, 4) is 0 Å². The van der Waals surface area contributed by atoms with E-state index in [-0.39, 0.29) is 5.57 Å². The minimum Gasteiger partial charge on any atom is -0.481 e. The Kier molecular flexibility index (Phi) is 4.81. The van der Waals surface area contributed by atoms with Crippen LogP contribution in [0, 0.1) is 5.92 Å². The number of aliphatic carboxylic acids is 1. The molecule has 5 nitrogen and oxygen atoms in total. The number of nitrogens with zero attached hydrogens (tertiary/aromatic N) is 1. The summed E-state index contributed by atoms with van der Waals surface area (Å²) in [5, 5.41) is 9.62. The second-order valence-electron chi connectivity index (χ2n) is 5.06. The SMILES string of the molecule is COC(=O)C1=C(C)N=C(C)C(C(=O)O)C1c1ccccc1Br. The molecule has 0 spiro atoms. The Morgan fingerprint density at radius 3 is 2.45 bits per heavy atom. The number of hydrogen-bond acceptors (Lipinski definition) is 4. The van der Waals surface area contributed by atoms with Gasteiger partial charge in [-0.2, -0.15) is 0 Å². The lowest BCUT2D eigenvalue weighted by atomic mass is 9.75. The minimum absolute atomic E-state index is 0.285. The molecule has 6 heteroatoms. The summed E-state index contributed by atoms with van der Waals surface area (Å²) in [5.74, 6) is -3.12. The van der Waals surface area contributed by atoms with E-state index in [1.807, 2.05) is 18.2 Å². The molecule has 0 aliphatic carbocycles. The fourth-order valence-electron chi connectivity index (χ4n) is 2.80. The summed E-state index contributed by atoms with van der Waals surface area (Å²) in [7, 11) is 1.28. The van der Waals surface area contributed by atoms with Crippen molar-refractivity contribution in [2.75, 3.05) is 7.11 Å². The molecule has 0 bridgehead atoms. The summed E-state index contributed by atoms with van der Waals surface area (Å²) < 4.78 is 5.59. The quantitative estimate of drug-likeness (QED) is 0.834. The first kappa shape index (κ1) is 16.4. The topological polar surface area (TPSA) is 76.0 Å². The fraction of sp³-hybridized carbons (Fsp3) is 0.312. The summed E-state index contributed by atoms with van der Waals surface area (Å²) in [4.78, 5) is 28.2. The zero-order valence-corrected chi connectivity index (χ0v) is 14.0. The van der Waals surface area contributed by atoms with Gasteiger partial charge in [0.25, 0.3) is 0 Å². The largest absolute Gasteiger partial charge is 0.481 e. The number of carbonyl (C=O) groups excluding carboxylic acids is 1. The first-order chi connectivity index (χ1) is 10.4. The Hall–Kier alpha value is -1.95. The fourth-order valence-corrected chi connectivity index (χ4v) is 3.33. The van der Waals surface area contributed by atoms with E-state index >= 15 is 0 Å². The van der Waals surface area contributed by atoms with Crippen molar-refractivity contribution in [2.24, 2.45) is 10.9 Å². The lowest BCUT2D eigenvalue weighted by Crippen LogP contribution is -2.35. The van der Waals surface area contributed by atoms with Crippen molar-refractivity contribution >= 4 is 33.6 Å². The second-order valence-corrected chi connectivity index (χ2v) is 5.91. The van der Waals surface area contributed by atoms with Gasteiger partial charge in [0.15, 0.2) is 0 Å². The molecule has 1 aliphatic heterocycles. The number of aliphatic imine (C=N–C) groups is 1. The Labute approximate surface area is 136 Å². The summed E-state index contributed by atoms with van der Waals surface area (Å²) >= 11 is 3.44. The van der Waals surface area contributed by atoms with Crippen LogP contribution in [0.5, 0.6) is 0 Å². The van der Waals surface area contributed by atoms with Crippen LogP contribution < -0.4 is 0 Å². The summed E-state index contributed by atoms with van der Waals surface area (Å²) in [5.41, 5.74) is 1.97. The highest BCUT2D eigenvalue weighted by Crippen LogP contribution is 2.41. The number of methoxy groups -OCH3 is 1. The van der Waals surface area contributed by atoms with E-state index in [1.54, 1.807) is 19.9 Å². The Morgan fingerprint density at radius 2 is 1.91 bits per heavy atom. The summed E-state index contributed by atoms with van der Waals surface area (Å²) in [6.45, 7) is 3.36. The standard InChI is InChI=1S/C16H16BrNO4/c1-8-12(15(19)20)14(10-6-4-5-7-11(10)17)13(9(2)18-8)16(21)22-3/h4-7,12,14H,1-3H3,(H,19,20). The maximum absolute atomic E-state index is 12.2. The lowest BCUT2D eigenvalue weighted by Gasteiger charge is -2.30. The maximum Gasteiger partial charge on any atom is 0.336 e. The van der Waals surface area contributed by atoms with Crippen molar-refractivity contribution in [3.63, 3.8) is 0 Å². The van der Waals surface area contributed by atoms with Crippen molar-refractivity contribution in [1.29, 1.82) is 0 Å². The molecule has 0 saturated heterocycles. The Morgan fingerprint density at radius 1 is 1.27 bits per heavy atom. The van der Waals surface area contributed by atoms with Gasteiger partial charge in [0, 0.05) is 21.8 Å². The van der Waals surface area contributed by atoms with E-state index in [1.165, 1.54) is 7.11 Å². The van der Waals surface area contributed by atoms with Gasteiger partial charge in [-0.05, 0) is 25.5 Å². The van der Waals surface area contributed by atoms with Gasteiger partial charge in [-0.1, -0.05) is 34.1 Å². The van der Waals surface area contributed by atoms with Crippen LogP contribution in [-0.2, 0) is 14.3 Å². The van der Waals surface area contributed by atoms with E-state index < -0.39 is 23.8 Å². The molecule has 2 atom stereocenters. The van der Waals surface area contributed by atoms with Crippen molar-refractivity contribution in [3.05, 3.63) is 45.6 Å². The van der Waals surface area contributed by atoms with Gasteiger partial charge in [0.1, 0.15) is 5.92 Å². The third-order valence-corrected chi connectivity index (χ3v) is 4.46. The highest BCUT2D eigenvalue weighted by molar-refractivity contribution is 9.10. The molecule has 0 amide bonds. The van der Waals surface area contributed by atoms with Gasteiger partial charge in [0.05, 0.1) is 12.7 Å². The maximum atomic E-state index is 12.2. The van der Waals surface area contributed by atoms with Gasteiger partial charge in [-0.15, -0.1) is 0 Å². The first-order valence-electron chi connectivity index (χ1n) is 6.70. The molecule has 1 N–H and O–H groups in total. The molecule has 1 aliphatic rings. The van der Waals surface area contributed by atoms with Gasteiger partial charge < -0.3 is 9.84 Å². The first-order valence-corrected chi connectivity index (χ1v) is 7.49. The van der Waals surface area contributed by atoms with E-state index in [9.17, 15) is 14.7 Å². The predicted molar refractivity (Wildman–Crippen MR) is 85.8 cm³/mol. The highest BCUT2D eigenvalue weighted by atomic mass is 79.9. The molecule has 22 heavy (non-hydrogen) atoms. The molecule has 2 unspecified atom stereocenters. The molecule has 1 aromatic carbocycles. The number of esters is 1. The molecule has 1 heterocycles. The Balaban J connectivity index is 2.71. The molecule has 0 saturated carbocycles. The molecule has 1 aromatic rings. The van der Waals surface area contributed by atoms with Crippen LogP contribution in [0.3, 0.4) is 0 Å². The summed E-state index contributed by atoms with van der Waals surface area (Å²) in [6, 6.07) is 7.27. The number of benzene rings is 1. The highest BCUT2D eigenvalue weighted by Gasteiger charge is 2.42. The number of halogens is 1. The average molecular weight is 366 g/mol. The van der Waals surface area contributed by atoms with Crippen LogP contribution in [0.2, 0.25) is 0 Å². The van der Waals surface area contributed by atoms with Crippen LogP contribution in [-0.4, -0.2) is 29.9 Å². The van der Waals surface area contributed by atoms with Crippen LogP contribution in [0.25, 0.3) is 0 Å². The number of allylic oxidation sites excluding steroid dienone is 1. The number of carbonyl (C=O) groups is 2. The van der Waals surface area contributed by atoms with Crippen molar-refractivity contribution < 1.29 is 19.4 Å². The van der Waals surface area contributed by atoms with Crippen molar-refractivity contribution in [1.82, 2.24) is 0 Å². The molecule has 2 rings (SSSR count). The van der Waals surface area contributed by atoms with Crippen LogP contribution in [0.4, 0.5) is 0 Å². The number of hydrogen-bond donors (Lipinski definition) is 1. The van der Waals surface area contributed by atoms with E-state index in [2.05, 4.69) is 20.9 Å². The lowest BCUT2D eigenvalue weighted by molar-refractivity contribution is -0.140. The van der Waals surface area contributed by atoms with Crippen LogP contribution in [0.15, 0.2) is 45.0 Å². The van der Waals surface area contributed by atoms with Gasteiger partial charge in [-0.3, -0.25) is 9.79 Å². The molecular weight excluding hydrogens is 350 g/mol. The monoisotopic (exact) mass is 365 g/mol. The normalized spacial score (nSPS) is 21.4. The third-order valence-electron chi connectivity index (χ3n) is 3.74. The second kappa shape index (κ2) is 6.44. The van der Waals surface area contributed by atoms with Crippen LogP contribution in [0.1, 0.15) is 25.3 Å². The molecular formula is C16H16BrNO4. The van der Waals surface area contributed by atoms with E-state index in [0.717, 1.165) is 10.0 Å². The zero-order valence-electron chi connectivity index (χ0n) is 12.5. The molecule has 0 radical (unpaired) electrons.